The van der Waals surface area contributed by atoms with E-state index in [1.807, 2.05) is 6.07 Å². The Bertz CT molecular complexity index is 1520. The van der Waals surface area contributed by atoms with Crippen LogP contribution in [0.5, 0.6) is 0 Å². The Labute approximate surface area is 213 Å². The summed E-state index contributed by atoms with van der Waals surface area (Å²) in [5.41, 5.74) is 2.91. The summed E-state index contributed by atoms with van der Waals surface area (Å²) < 4.78 is 55.4. The summed E-state index contributed by atoms with van der Waals surface area (Å²) in [5, 5.41) is 7.14. The second-order valence-corrected chi connectivity index (χ2v) is 10.9. The summed E-state index contributed by atoms with van der Waals surface area (Å²) in [4.78, 5) is 10.8. The van der Waals surface area contributed by atoms with Crippen LogP contribution in [0, 0.1) is 17.6 Å². The van der Waals surface area contributed by atoms with Gasteiger partial charge in [-0.05, 0) is 75.3 Å². The van der Waals surface area contributed by atoms with Gasteiger partial charge >= 0.3 is 0 Å². The van der Waals surface area contributed by atoms with Crippen molar-refractivity contribution in [3.8, 4) is 22.5 Å². The third-order valence-corrected chi connectivity index (χ3v) is 7.91. The fraction of sp³-hybridized carbons (Fsp3) is 0.269. The van der Waals surface area contributed by atoms with Gasteiger partial charge in [0.2, 0.25) is 0 Å². The van der Waals surface area contributed by atoms with Gasteiger partial charge in [0.1, 0.15) is 22.4 Å². The maximum atomic E-state index is 14.1. The molecule has 2 N–H and O–H groups in total. The SMILES string of the molecule is CN1CCC(Cc2nccc(-c3cn[nH]c3-c3cccc(NS(=O)(=O)c4cc(F)ccc4F)c3)n2)CC1. The number of aromatic nitrogens is 4. The molecule has 0 amide bonds. The molecule has 5 rings (SSSR count). The lowest BCUT2D eigenvalue weighted by Crippen LogP contribution is -2.31. The molecule has 0 saturated carbocycles. The van der Waals surface area contributed by atoms with E-state index in [1.54, 1.807) is 30.6 Å². The summed E-state index contributed by atoms with van der Waals surface area (Å²) in [6.07, 6.45) is 6.44. The quantitative estimate of drug-likeness (QED) is 0.369. The third kappa shape index (κ3) is 5.67. The lowest BCUT2D eigenvalue weighted by atomic mass is 9.93. The van der Waals surface area contributed by atoms with E-state index in [0.29, 0.717) is 28.9 Å². The van der Waals surface area contributed by atoms with Gasteiger partial charge in [0.15, 0.2) is 0 Å². The number of nitrogens with zero attached hydrogens (tertiary/aromatic N) is 4. The number of nitrogens with one attached hydrogen (secondary N) is 2. The summed E-state index contributed by atoms with van der Waals surface area (Å²) in [7, 11) is -2.22. The number of halogens is 2. The monoisotopic (exact) mass is 524 g/mol. The molecule has 1 saturated heterocycles. The van der Waals surface area contributed by atoms with Crippen molar-refractivity contribution in [2.75, 3.05) is 24.9 Å². The lowest BCUT2D eigenvalue weighted by Gasteiger charge is -2.28. The number of aromatic amines is 1. The summed E-state index contributed by atoms with van der Waals surface area (Å²) in [6.45, 7) is 2.14. The van der Waals surface area contributed by atoms with Crippen molar-refractivity contribution in [2.24, 2.45) is 5.92 Å². The van der Waals surface area contributed by atoms with Crippen LogP contribution in [0.4, 0.5) is 14.5 Å². The largest absolute Gasteiger partial charge is 0.306 e. The molecule has 8 nitrogen and oxygen atoms in total. The first-order chi connectivity index (χ1) is 17.8. The smallest absolute Gasteiger partial charge is 0.264 e. The topological polar surface area (TPSA) is 104 Å². The standard InChI is InChI=1S/C26H26F2N6O2S/c1-34-11-8-17(9-12-34)13-25-29-10-7-23(31-25)21-16-30-32-26(21)18-3-2-4-20(14-18)33-37(35,36)24-15-19(27)5-6-22(24)28/h2-7,10,14-17,33H,8-9,11-13H2,1H3,(H,30,32). The Morgan fingerprint density at radius 1 is 1.11 bits per heavy atom. The molecule has 0 atom stereocenters. The molecule has 192 valence electrons. The highest BCUT2D eigenvalue weighted by atomic mass is 32.2. The van der Waals surface area contributed by atoms with Crippen LogP contribution in [-0.4, -0.2) is 53.6 Å². The van der Waals surface area contributed by atoms with Crippen LogP contribution in [0.3, 0.4) is 0 Å². The Kier molecular flexibility index (Phi) is 6.98. The molecule has 2 aromatic carbocycles. The molecule has 0 unspecified atom stereocenters. The molecule has 1 aliphatic heterocycles. The average Bonchev–Trinajstić information content (AvgIpc) is 3.37. The van der Waals surface area contributed by atoms with E-state index in [4.69, 9.17) is 4.98 Å². The van der Waals surface area contributed by atoms with Crippen molar-refractivity contribution in [2.45, 2.75) is 24.2 Å². The molecule has 0 radical (unpaired) electrons. The molecule has 1 aliphatic rings. The van der Waals surface area contributed by atoms with Crippen molar-refractivity contribution in [1.82, 2.24) is 25.1 Å². The molecule has 37 heavy (non-hydrogen) atoms. The van der Waals surface area contributed by atoms with Crippen molar-refractivity contribution < 1.29 is 17.2 Å². The van der Waals surface area contributed by atoms with Crippen LogP contribution >= 0.6 is 0 Å². The van der Waals surface area contributed by atoms with Gasteiger partial charge in [0.05, 0.1) is 17.6 Å². The number of hydrogen-bond acceptors (Lipinski definition) is 6. The predicted octanol–water partition coefficient (Wildman–Crippen LogP) is 4.50. The molecule has 4 aromatic rings. The van der Waals surface area contributed by atoms with Gasteiger partial charge in [-0.25, -0.2) is 27.2 Å². The van der Waals surface area contributed by atoms with Gasteiger partial charge in [-0.15, -0.1) is 0 Å². The van der Waals surface area contributed by atoms with Crippen LogP contribution in [0.15, 0.2) is 65.8 Å². The zero-order chi connectivity index (χ0) is 26.0. The molecule has 3 heterocycles. The van der Waals surface area contributed by atoms with Gasteiger partial charge < -0.3 is 4.90 Å². The van der Waals surface area contributed by atoms with E-state index in [-0.39, 0.29) is 5.69 Å². The Morgan fingerprint density at radius 2 is 1.92 bits per heavy atom. The van der Waals surface area contributed by atoms with Crippen molar-refractivity contribution >= 4 is 15.7 Å². The molecule has 0 bridgehead atoms. The van der Waals surface area contributed by atoms with E-state index >= 15 is 0 Å². The number of hydrogen-bond donors (Lipinski definition) is 2. The minimum atomic E-state index is -4.35. The van der Waals surface area contributed by atoms with Crippen LogP contribution in [0.25, 0.3) is 22.5 Å². The summed E-state index contributed by atoms with van der Waals surface area (Å²) in [6, 6.07) is 10.7. The highest BCUT2D eigenvalue weighted by Gasteiger charge is 2.22. The van der Waals surface area contributed by atoms with Gasteiger partial charge in [-0.1, -0.05) is 12.1 Å². The van der Waals surface area contributed by atoms with E-state index in [2.05, 4.69) is 31.9 Å². The van der Waals surface area contributed by atoms with Gasteiger partial charge in [0.25, 0.3) is 10.0 Å². The maximum absolute atomic E-state index is 14.1. The van der Waals surface area contributed by atoms with Crippen LogP contribution in [0.2, 0.25) is 0 Å². The minimum absolute atomic E-state index is 0.187. The van der Waals surface area contributed by atoms with Gasteiger partial charge in [-0.3, -0.25) is 9.82 Å². The minimum Gasteiger partial charge on any atom is -0.306 e. The van der Waals surface area contributed by atoms with E-state index in [0.717, 1.165) is 55.9 Å². The predicted molar refractivity (Wildman–Crippen MR) is 136 cm³/mol. The summed E-state index contributed by atoms with van der Waals surface area (Å²) >= 11 is 0. The number of rotatable bonds is 7. The van der Waals surface area contributed by atoms with Crippen LogP contribution in [-0.2, 0) is 16.4 Å². The van der Waals surface area contributed by atoms with Gasteiger partial charge in [0, 0.05) is 29.4 Å². The number of sulfonamides is 1. The summed E-state index contributed by atoms with van der Waals surface area (Å²) in [5.74, 6) is -0.570. The van der Waals surface area contributed by atoms with Gasteiger partial charge in [-0.2, -0.15) is 5.10 Å². The van der Waals surface area contributed by atoms with E-state index in [1.165, 1.54) is 6.07 Å². The van der Waals surface area contributed by atoms with Crippen molar-refractivity contribution in [3.05, 3.63) is 78.4 Å². The first-order valence-corrected chi connectivity index (χ1v) is 13.4. The molecule has 0 aliphatic carbocycles. The fourth-order valence-corrected chi connectivity index (χ4v) is 5.64. The van der Waals surface area contributed by atoms with E-state index < -0.39 is 26.6 Å². The molecule has 0 spiro atoms. The Morgan fingerprint density at radius 3 is 2.73 bits per heavy atom. The van der Waals surface area contributed by atoms with Crippen LogP contribution < -0.4 is 4.72 Å². The highest BCUT2D eigenvalue weighted by Crippen LogP contribution is 2.31. The second kappa shape index (κ2) is 10.3. The first kappa shape index (κ1) is 25.0. The maximum Gasteiger partial charge on any atom is 0.264 e. The molecule has 11 heteroatoms. The number of anilines is 1. The number of benzene rings is 2. The molecular weight excluding hydrogens is 498 g/mol. The fourth-order valence-electron chi connectivity index (χ4n) is 4.50. The first-order valence-electron chi connectivity index (χ1n) is 11.9. The number of likely N-dealkylation sites (tertiary alicyclic amines) is 1. The number of H-pyrrole nitrogens is 1. The van der Waals surface area contributed by atoms with Crippen molar-refractivity contribution in [3.63, 3.8) is 0 Å². The normalized spacial score (nSPS) is 15.1. The van der Waals surface area contributed by atoms with Crippen molar-refractivity contribution in [1.29, 1.82) is 0 Å². The molecule has 1 fully saturated rings. The lowest BCUT2D eigenvalue weighted by molar-refractivity contribution is 0.217. The zero-order valence-electron chi connectivity index (χ0n) is 20.2. The number of piperidine rings is 1. The van der Waals surface area contributed by atoms with Crippen LogP contribution in [0.1, 0.15) is 18.7 Å². The average molecular weight is 525 g/mol. The third-order valence-electron chi connectivity index (χ3n) is 6.52. The highest BCUT2D eigenvalue weighted by molar-refractivity contribution is 7.92. The van der Waals surface area contributed by atoms with E-state index in [9.17, 15) is 17.2 Å². The second-order valence-electron chi connectivity index (χ2n) is 9.23. The Hall–Kier alpha value is -3.70. The molecule has 2 aromatic heterocycles. The molecular formula is C26H26F2N6O2S. The zero-order valence-corrected chi connectivity index (χ0v) is 21.0. The Balaban J connectivity index is 1.39.